The molecule has 4 nitrogen and oxygen atoms in total. The number of carboxylic acid groups (broad SMARTS) is 1. The summed E-state index contributed by atoms with van der Waals surface area (Å²) in [4.78, 5) is 16.1. The maximum atomic E-state index is 11.3. The lowest BCUT2D eigenvalue weighted by Crippen LogP contribution is -2.03. The average molecular weight is 305 g/mol. The van der Waals surface area contributed by atoms with Gasteiger partial charge in [-0.25, -0.2) is 9.78 Å². The molecule has 1 heterocycles. The lowest BCUT2D eigenvalue weighted by Gasteiger charge is -2.03. The van der Waals surface area contributed by atoms with Crippen LogP contribution >= 0.6 is 11.3 Å². The Bertz CT molecular complexity index is 593. The van der Waals surface area contributed by atoms with Gasteiger partial charge in [-0.05, 0) is 24.5 Å². The predicted octanol–water partition coefficient (Wildman–Crippen LogP) is 3.66. The summed E-state index contributed by atoms with van der Waals surface area (Å²) in [5.41, 5.74) is 0.692. The fourth-order valence-electron chi connectivity index (χ4n) is 1.97. The lowest BCUT2D eigenvalue weighted by molar-refractivity contribution is 0.0700. The standard InChI is InChI=1S/C16H19NO3S/c1-11(2)10-13-15(16(18)19)21-14(17-13)8-9-20-12-6-4-3-5-7-12/h3-7,11H,8-10H2,1-2H3,(H,18,19). The van der Waals surface area contributed by atoms with Gasteiger partial charge in [0, 0.05) is 6.42 Å². The van der Waals surface area contributed by atoms with Crippen molar-refractivity contribution in [2.24, 2.45) is 5.92 Å². The first-order valence-corrected chi connectivity index (χ1v) is 7.77. The topological polar surface area (TPSA) is 59.4 Å². The Kier molecular flexibility index (Phi) is 5.33. The summed E-state index contributed by atoms with van der Waals surface area (Å²) >= 11 is 1.25. The van der Waals surface area contributed by atoms with Crippen molar-refractivity contribution in [1.82, 2.24) is 4.98 Å². The minimum absolute atomic E-state index is 0.360. The van der Waals surface area contributed by atoms with Gasteiger partial charge in [0.25, 0.3) is 0 Å². The Morgan fingerprint density at radius 2 is 2.05 bits per heavy atom. The third-order valence-corrected chi connectivity index (χ3v) is 4.01. The summed E-state index contributed by atoms with van der Waals surface area (Å²) in [7, 11) is 0. The van der Waals surface area contributed by atoms with Crippen LogP contribution in [0.1, 0.15) is 34.2 Å². The molecule has 2 aromatic rings. The minimum atomic E-state index is -0.890. The zero-order valence-corrected chi connectivity index (χ0v) is 13.0. The fourth-order valence-corrected chi connectivity index (χ4v) is 2.88. The number of hydrogen-bond acceptors (Lipinski definition) is 4. The maximum absolute atomic E-state index is 11.3. The van der Waals surface area contributed by atoms with Crippen LogP contribution in [0.15, 0.2) is 30.3 Å². The molecule has 0 spiro atoms. The van der Waals surface area contributed by atoms with E-state index >= 15 is 0 Å². The summed E-state index contributed by atoms with van der Waals surface area (Å²) in [6, 6.07) is 9.57. The number of carbonyl (C=O) groups is 1. The molecule has 2 rings (SSSR count). The first-order chi connectivity index (χ1) is 10.1. The predicted molar refractivity (Wildman–Crippen MR) is 83.3 cm³/mol. The zero-order valence-electron chi connectivity index (χ0n) is 12.2. The van der Waals surface area contributed by atoms with Crippen LogP contribution < -0.4 is 4.74 Å². The highest BCUT2D eigenvalue weighted by Crippen LogP contribution is 2.22. The van der Waals surface area contributed by atoms with Gasteiger partial charge >= 0.3 is 5.97 Å². The normalized spacial score (nSPS) is 10.8. The number of aromatic nitrogens is 1. The summed E-state index contributed by atoms with van der Waals surface area (Å²) in [5, 5.41) is 10.1. The molecule has 0 bridgehead atoms. The summed E-state index contributed by atoms with van der Waals surface area (Å²) in [6.45, 7) is 4.62. The number of benzene rings is 1. The first kappa shape index (κ1) is 15.5. The van der Waals surface area contributed by atoms with Crippen LogP contribution in [0.5, 0.6) is 5.75 Å². The molecule has 1 aromatic heterocycles. The second kappa shape index (κ2) is 7.22. The van der Waals surface area contributed by atoms with Crippen molar-refractivity contribution in [2.45, 2.75) is 26.7 Å². The quantitative estimate of drug-likeness (QED) is 0.848. The van der Waals surface area contributed by atoms with E-state index in [9.17, 15) is 9.90 Å². The van der Waals surface area contributed by atoms with Crippen LogP contribution in [0.3, 0.4) is 0 Å². The average Bonchev–Trinajstić information content (AvgIpc) is 2.82. The molecule has 0 unspecified atom stereocenters. The zero-order chi connectivity index (χ0) is 15.2. The number of thiazole rings is 1. The molecular weight excluding hydrogens is 286 g/mol. The van der Waals surface area contributed by atoms with E-state index in [0.29, 0.717) is 35.9 Å². The number of nitrogens with zero attached hydrogens (tertiary/aromatic N) is 1. The first-order valence-electron chi connectivity index (χ1n) is 6.96. The van der Waals surface area contributed by atoms with Gasteiger partial charge in [-0.15, -0.1) is 11.3 Å². The number of carboxylic acids is 1. The fraction of sp³-hybridized carbons (Fsp3) is 0.375. The summed E-state index contributed by atoms with van der Waals surface area (Å²) in [6.07, 6.45) is 1.32. The van der Waals surface area contributed by atoms with E-state index in [1.807, 2.05) is 30.3 Å². The number of rotatable bonds is 7. The van der Waals surface area contributed by atoms with E-state index in [0.717, 1.165) is 10.8 Å². The van der Waals surface area contributed by atoms with Gasteiger partial charge in [-0.1, -0.05) is 32.0 Å². The molecule has 21 heavy (non-hydrogen) atoms. The van der Waals surface area contributed by atoms with E-state index in [4.69, 9.17) is 4.74 Å². The van der Waals surface area contributed by atoms with Crippen LogP contribution in [0, 0.1) is 5.92 Å². The van der Waals surface area contributed by atoms with Gasteiger partial charge in [0.05, 0.1) is 17.3 Å². The highest BCUT2D eigenvalue weighted by molar-refractivity contribution is 7.13. The van der Waals surface area contributed by atoms with Gasteiger partial charge < -0.3 is 9.84 Å². The highest BCUT2D eigenvalue weighted by Gasteiger charge is 2.17. The van der Waals surface area contributed by atoms with E-state index in [1.165, 1.54) is 11.3 Å². The molecule has 0 saturated heterocycles. The van der Waals surface area contributed by atoms with Crippen LogP contribution in [0.2, 0.25) is 0 Å². The number of ether oxygens (including phenoxy) is 1. The molecule has 112 valence electrons. The summed E-state index contributed by atoms with van der Waals surface area (Å²) in [5.74, 6) is 0.312. The van der Waals surface area contributed by atoms with E-state index < -0.39 is 5.97 Å². The molecule has 0 saturated carbocycles. The molecule has 5 heteroatoms. The largest absolute Gasteiger partial charge is 0.493 e. The summed E-state index contributed by atoms with van der Waals surface area (Å²) < 4.78 is 5.62. The minimum Gasteiger partial charge on any atom is -0.493 e. The Balaban J connectivity index is 1.98. The number of hydrogen-bond donors (Lipinski definition) is 1. The SMILES string of the molecule is CC(C)Cc1nc(CCOc2ccccc2)sc1C(=O)O. The van der Waals surface area contributed by atoms with Crippen LogP contribution in [0.25, 0.3) is 0 Å². The Labute approximate surface area is 128 Å². The van der Waals surface area contributed by atoms with Crippen molar-refractivity contribution >= 4 is 17.3 Å². The smallest absolute Gasteiger partial charge is 0.347 e. The van der Waals surface area contributed by atoms with Gasteiger partial charge in [0.2, 0.25) is 0 Å². The monoisotopic (exact) mass is 305 g/mol. The van der Waals surface area contributed by atoms with Crippen molar-refractivity contribution in [3.8, 4) is 5.75 Å². The van der Waals surface area contributed by atoms with Crippen molar-refractivity contribution in [3.05, 3.63) is 45.9 Å². The van der Waals surface area contributed by atoms with Gasteiger partial charge in [-0.2, -0.15) is 0 Å². The van der Waals surface area contributed by atoms with Crippen LogP contribution in [-0.4, -0.2) is 22.7 Å². The van der Waals surface area contributed by atoms with Gasteiger partial charge in [0.1, 0.15) is 10.6 Å². The van der Waals surface area contributed by atoms with E-state index in [1.54, 1.807) is 0 Å². The van der Waals surface area contributed by atoms with E-state index in [-0.39, 0.29) is 0 Å². The molecule has 0 aliphatic carbocycles. The molecule has 1 aromatic carbocycles. The molecule has 0 aliphatic rings. The molecule has 0 fully saturated rings. The lowest BCUT2D eigenvalue weighted by atomic mass is 10.1. The second-order valence-electron chi connectivity index (χ2n) is 5.20. The van der Waals surface area contributed by atoms with E-state index in [2.05, 4.69) is 18.8 Å². The maximum Gasteiger partial charge on any atom is 0.347 e. The van der Waals surface area contributed by atoms with Gasteiger partial charge in [0.15, 0.2) is 0 Å². The Hall–Kier alpha value is -1.88. The molecule has 0 atom stereocenters. The highest BCUT2D eigenvalue weighted by atomic mass is 32.1. The van der Waals surface area contributed by atoms with Crippen LogP contribution in [0.4, 0.5) is 0 Å². The van der Waals surface area contributed by atoms with Crippen molar-refractivity contribution in [3.63, 3.8) is 0 Å². The Morgan fingerprint density at radius 3 is 2.67 bits per heavy atom. The molecule has 0 amide bonds. The molecule has 0 aliphatic heterocycles. The van der Waals surface area contributed by atoms with Crippen molar-refractivity contribution in [2.75, 3.05) is 6.61 Å². The van der Waals surface area contributed by atoms with Gasteiger partial charge in [-0.3, -0.25) is 0 Å². The van der Waals surface area contributed by atoms with Crippen LogP contribution in [-0.2, 0) is 12.8 Å². The Morgan fingerprint density at radius 1 is 1.33 bits per heavy atom. The third kappa shape index (κ3) is 4.56. The molecule has 1 N–H and O–H groups in total. The molecular formula is C16H19NO3S. The van der Waals surface area contributed by atoms with Crippen molar-refractivity contribution in [1.29, 1.82) is 0 Å². The third-order valence-electron chi connectivity index (χ3n) is 2.87. The molecule has 0 radical (unpaired) electrons. The number of para-hydroxylation sites is 1. The number of aromatic carboxylic acids is 1. The second-order valence-corrected chi connectivity index (χ2v) is 6.28. The van der Waals surface area contributed by atoms with Crippen molar-refractivity contribution < 1.29 is 14.6 Å².